The smallest absolute Gasteiger partial charge is 0.164 e. The summed E-state index contributed by atoms with van der Waals surface area (Å²) in [6, 6.07) is 5.92. The van der Waals surface area contributed by atoms with Gasteiger partial charge in [0.2, 0.25) is 0 Å². The molecule has 0 amide bonds. The lowest BCUT2D eigenvalue weighted by Crippen LogP contribution is -2.61. The summed E-state index contributed by atoms with van der Waals surface area (Å²) in [5.41, 5.74) is 1.86. The van der Waals surface area contributed by atoms with E-state index >= 15 is 0 Å². The van der Waals surface area contributed by atoms with Gasteiger partial charge in [0.1, 0.15) is 73.2 Å². The second kappa shape index (κ2) is 17.2. The van der Waals surface area contributed by atoms with Crippen LogP contribution in [0.15, 0.2) is 62.9 Å². The number of aliphatic hydroxyl groups is 4. The Kier molecular flexibility index (Phi) is 13.2. The maximum absolute atomic E-state index is 12.2. The van der Waals surface area contributed by atoms with Crippen molar-refractivity contribution in [2.75, 3.05) is 0 Å². The molecule has 342 valence electrons. The first kappa shape index (κ1) is 47.6. The first-order valence-electron chi connectivity index (χ1n) is 21.1. The van der Waals surface area contributed by atoms with Crippen molar-refractivity contribution >= 4 is 90.4 Å². The average molecular weight is 1310 g/mol. The summed E-state index contributed by atoms with van der Waals surface area (Å²) in [7, 11) is 0. The second-order valence-electron chi connectivity index (χ2n) is 19.4. The molecule has 4 aliphatic carbocycles. The molecule has 9 rings (SSSR count). The SMILES string of the molecule is CC1(C)O[C@H]2[C@H](O)[C@@H](N(Cc3cccc(CN([C@H]4C=C(I)[C@H]5OC(C)(C)O[C@H]5[C@@H]4O)[C@H]4C=C(I)[C@H]5OC(C)(C)O[C@H]5[C@@H]4O)c3)[C@H]3C=C(I)[C@H]4OC(C)(C)O[C@H]4[C@@H]3O)C=C(I)[C@H]2O1. The highest BCUT2D eigenvalue weighted by Gasteiger charge is 2.58. The molecule has 0 saturated carbocycles. The number of hydrogen-bond donors (Lipinski definition) is 4. The largest absolute Gasteiger partial charge is 0.388 e. The minimum Gasteiger partial charge on any atom is -0.388 e. The second-order valence-corrected chi connectivity index (χ2v) is 24.4. The molecule has 14 nitrogen and oxygen atoms in total. The third kappa shape index (κ3) is 8.99. The van der Waals surface area contributed by atoms with E-state index in [0.29, 0.717) is 13.1 Å². The monoisotopic (exact) mass is 1310 g/mol. The minimum atomic E-state index is -0.984. The van der Waals surface area contributed by atoms with Crippen LogP contribution in [0.1, 0.15) is 66.5 Å². The van der Waals surface area contributed by atoms with Crippen LogP contribution < -0.4 is 0 Å². The average Bonchev–Trinajstić information content (AvgIpc) is 3.91. The summed E-state index contributed by atoms with van der Waals surface area (Å²) >= 11 is 9.13. The Balaban J connectivity index is 1.07. The summed E-state index contributed by atoms with van der Waals surface area (Å²) < 4.78 is 53.9. The molecule has 4 fully saturated rings. The Hall–Kier alpha value is 0.540. The van der Waals surface area contributed by atoms with Gasteiger partial charge in [-0.05, 0) is 157 Å². The standard InChI is InChI=1S/C44H56I4N2O12/c1-41(2)55-33-21(45)13-25(29(51)37(33)59-41)49(26-14-22(46)34-38(30(26)52)60-42(3,4)56-34)17-19-10-9-11-20(12-19)18-50(27-15-23(47)35-39(31(27)53)61-43(5,6)57-35)28-16-24(48)36-40(32(28)54)62-44(7,8)58-36/h9-16,25-40,51-54H,17-18H2,1-8H3/t25-,26-,27-,28-,29+,30+,31+,32+,33+,34+,35+,36+,37-,38-,39-,40-/m0/s1. The van der Waals surface area contributed by atoms with Crippen LogP contribution in [0.3, 0.4) is 0 Å². The molecular formula is C44H56I4N2O12. The maximum Gasteiger partial charge on any atom is 0.164 e. The molecule has 1 aromatic rings. The molecule has 4 heterocycles. The van der Waals surface area contributed by atoms with Gasteiger partial charge in [0.15, 0.2) is 23.1 Å². The molecule has 16 atom stereocenters. The van der Waals surface area contributed by atoms with Gasteiger partial charge in [-0.3, -0.25) is 9.80 Å². The van der Waals surface area contributed by atoms with Crippen LogP contribution in [0.4, 0.5) is 0 Å². The number of rotatable bonds is 8. The van der Waals surface area contributed by atoms with Gasteiger partial charge in [-0.15, -0.1) is 0 Å². The van der Waals surface area contributed by atoms with Crippen LogP contribution >= 0.6 is 90.4 Å². The fourth-order valence-electron chi connectivity index (χ4n) is 10.4. The fourth-order valence-corrected chi connectivity index (χ4v) is 13.8. The normalized spacial score (nSPS) is 43.6. The molecule has 8 aliphatic rings. The Morgan fingerprint density at radius 3 is 0.919 bits per heavy atom. The van der Waals surface area contributed by atoms with Crippen molar-refractivity contribution in [2.45, 2.75) is 189 Å². The molecule has 4 aliphatic heterocycles. The summed E-state index contributed by atoms with van der Waals surface area (Å²) in [4.78, 5) is 4.26. The molecule has 4 saturated heterocycles. The van der Waals surface area contributed by atoms with E-state index < -0.39 is 121 Å². The summed E-state index contributed by atoms with van der Waals surface area (Å²) in [5, 5.41) is 48.7. The van der Waals surface area contributed by atoms with E-state index in [-0.39, 0.29) is 0 Å². The van der Waals surface area contributed by atoms with Crippen molar-refractivity contribution < 1.29 is 58.3 Å². The van der Waals surface area contributed by atoms with Gasteiger partial charge >= 0.3 is 0 Å². The zero-order valence-corrected chi connectivity index (χ0v) is 44.4. The zero-order valence-electron chi connectivity index (χ0n) is 35.7. The molecule has 62 heavy (non-hydrogen) atoms. The lowest BCUT2D eigenvalue weighted by atomic mass is 9.87. The van der Waals surface area contributed by atoms with Crippen LogP contribution in [0.2, 0.25) is 0 Å². The molecule has 1 aromatic carbocycles. The fraction of sp³-hybridized carbons (Fsp3) is 0.682. The van der Waals surface area contributed by atoms with Gasteiger partial charge in [-0.25, -0.2) is 0 Å². The quantitative estimate of drug-likeness (QED) is 0.238. The molecule has 0 radical (unpaired) electrons. The Morgan fingerprint density at radius 2 is 0.677 bits per heavy atom. The number of benzene rings is 1. The predicted molar refractivity (Wildman–Crippen MR) is 260 cm³/mol. The van der Waals surface area contributed by atoms with Crippen molar-refractivity contribution in [3.8, 4) is 0 Å². The molecule has 4 N–H and O–H groups in total. The number of ether oxygens (including phenoxy) is 8. The van der Waals surface area contributed by atoms with Crippen molar-refractivity contribution in [3.63, 3.8) is 0 Å². The van der Waals surface area contributed by atoms with E-state index in [0.717, 1.165) is 25.4 Å². The molecule has 0 unspecified atom stereocenters. The van der Waals surface area contributed by atoms with Crippen molar-refractivity contribution in [2.24, 2.45) is 0 Å². The van der Waals surface area contributed by atoms with Crippen LogP contribution in [0.25, 0.3) is 0 Å². The number of fused-ring (bicyclic) bond motifs is 4. The first-order valence-corrected chi connectivity index (χ1v) is 25.5. The van der Waals surface area contributed by atoms with Crippen molar-refractivity contribution in [1.29, 1.82) is 0 Å². The highest BCUT2D eigenvalue weighted by molar-refractivity contribution is 14.1. The van der Waals surface area contributed by atoms with Gasteiger partial charge < -0.3 is 58.3 Å². The topological polar surface area (TPSA) is 161 Å². The van der Waals surface area contributed by atoms with E-state index in [1.54, 1.807) is 0 Å². The number of nitrogens with zero attached hydrogens (tertiary/aromatic N) is 2. The summed E-state index contributed by atoms with van der Waals surface area (Å²) in [6.45, 7) is 15.5. The highest BCUT2D eigenvalue weighted by Crippen LogP contribution is 2.47. The van der Waals surface area contributed by atoms with Crippen LogP contribution in [0.5, 0.6) is 0 Å². The Morgan fingerprint density at radius 1 is 0.435 bits per heavy atom. The Bertz CT molecular complexity index is 1790. The third-order valence-corrected chi connectivity index (χ3v) is 16.8. The van der Waals surface area contributed by atoms with Crippen LogP contribution in [-0.2, 0) is 51.0 Å². The lowest BCUT2D eigenvalue weighted by Gasteiger charge is -2.46. The molecule has 0 spiro atoms. The van der Waals surface area contributed by atoms with Gasteiger partial charge in [0.25, 0.3) is 0 Å². The number of halogens is 4. The highest BCUT2D eigenvalue weighted by atomic mass is 127. The summed E-state index contributed by atoms with van der Waals surface area (Å²) in [5.74, 6) is -3.52. The summed E-state index contributed by atoms with van der Waals surface area (Å²) in [6.07, 6.45) is 0.0400. The van der Waals surface area contributed by atoms with Crippen LogP contribution in [0, 0.1) is 0 Å². The molecule has 0 aromatic heterocycles. The van der Waals surface area contributed by atoms with E-state index in [4.69, 9.17) is 37.9 Å². The van der Waals surface area contributed by atoms with Gasteiger partial charge in [0.05, 0.1) is 24.2 Å². The molecular weight excluding hydrogens is 1260 g/mol. The van der Waals surface area contributed by atoms with E-state index in [9.17, 15) is 20.4 Å². The van der Waals surface area contributed by atoms with E-state index in [1.807, 2.05) is 97.9 Å². The van der Waals surface area contributed by atoms with Crippen molar-refractivity contribution in [3.05, 3.63) is 74.0 Å². The number of hydrogen-bond acceptors (Lipinski definition) is 14. The predicted octanol–water partition coefficient (Wildman–Crippen LogP) is 5.62. The molecule has 18 heteroatoms. The lowest BCUT2D eigenvalue weighted by molar-refractivity contribution is -0.163. The maximum atomic E-state index is 12.2. The van der Waals surface area contributed by atoms with E-state index in [2.05, 4.69) is 106 Å². The van der Waals surface area contributed by atoms with Gasteiger partial charge in [-0.1, -0.05) is 48.6 Å². The minimum absolute atomic E-state index is 0.336. The van der Waals surface area contributed by atoms with Gasteiger partial charge in [0, 0.05) is 27.4 Å². The molecule has 0 bridgehead atoms. The Labute approximate surface area is 417 Å². The van der Waals surface area contributed by atoms with Crippen molar-refractivity contribution in [1.82, 2.24) is 9.80 Å². The first-order chi connectivity index (χ1) is 28.9. The van der Waals surface area contributed by atoms with Crippen LogP contribution in [-0.4, -0.2) is 151 Å². The zero-order chi connectivity index (χ0) is 44.6. The third-order valence-electron chi connectivity index (χ3n) is 12.9. The van der Waals surface area contributed by atoms with Gasteiger partial charge in [-0.2, -0.15) is 0 Å². The number of aliphatic hydroxyl groups excluding tert-OH is 4. The van der Waals surface area contributed by atoms with E-state index in [1.165, 1.54) is 0 Å².